The van der Waals surface area contributed by atoms with E-state index < -0.39 is 5.97 Å². The number of ether oxygens (including phenoxy) is 1. The van der Waals surface area contributed by atoms with E-state index in [-0.39, 0.29) is 5.97 Å². The van der Waals surface area contributed by atoms with Gasteiger partial charge in [0.1, 0.15) is 5.75 Å². The normalized spacial score (nSPS) is 11.2. The fourth-order valence-electron chi connectivity index (χ4n) is 4.36. The van der Waals surface area contributed by atoms with Crippen LogP contribution in [0, 0.1) is 0 Å². The molecule has 4 heteroatoms. The first-order valence-electron chi connectivity index (χ1n) is 14.3. The molecule has 0 aromatic heterocycles. The molecule has 0 bridgehead atoms. The van der Waals surface area contributed by atoms with Crippen molar-refractivity contribution < 1.29 is 19.4 Å². The van der Waals surface area contributed by atoms with Crippen molar-refractivity contribution in [2.75, 3.05) is 0 Å². The van der Waals surface area contributed by atoms with Crippen molar-refractivity contribution in [3.8, 4) is 5.75 Å². The second-order valence-electron chi connectivity index (χ2n) is 9.79. The van der Waals surface area contributed by atoms with Gasteiger partial charge < -0.3 is 9.84 Å². The third kappa shape index (κ3) is 22.1. The number of benzene rings is 1. The third-order valence-electron chi connectivity index (χ3n) is 6.48. The summed E-state index contributed by atoms with van der Waals surface area (Å²) < 4.78 is 5.23. The third-order valence-corrected chi connectivity index (χ3v) is 6.48. The molecule has 35 heavy (non-hydrogen) atoms. The van der Waals surface area contributed by atoms with E-state index in [0.29, 0.717) is 12.2 Å². The lowest BCUT2D eigenvalue weighted by atomic mass is 10.0. The average Bonchev–Trinajstić information content (AvgIpc) is 2.85. The van der Waals surface area contributed by atoms with Crippen LogP contribution in [0.4, 0.5) is 0 Å². The van der Waals surface area contributed by atoms with Gasteiger partial charge in [-0.2, -0.15) is 0 Å². The highest BCUT2D eigenvalue weighted by atomic mass is 16.5. The van der Waals surface area contributed by atoms with Gasteiger partial charge in [-0.05, 0) is 31.4 Å². The monoisotopic (exact) mass is 486 g/mol. The molecule has 0 radical (unpaired) electrons. The molecule has 1 aromatic carbocycles. The predicted octanol–water partition coefficient (Wildman–Crippen LogP) is 9.42. The minimum absolute atomic E-state index is 0.297. The maximum atomic E-state index is 11.7. The van der Waals surface area contributed by atoms with E-state index >= 15 is 0 Å². The summed E-state index contributed by atoms with van der Waals surface area (Å²) in [6, 6.07) is 9.19. The highest BCUT2D eigenvalue weighted by Crippen LogP contribution is 2.15. The summed E-state index contributed by atoms with van der Waals surface area (Å²) in [4.78, 5) is 22.2. The van der Waals surface area contributed by atoms with Crippen LogP contribution in [0.2, 0.25) is 0 Å². The summed E-state index contributed by atoms with van der Waals surface area (Å²) in [6.45, 7) is 0. The zero-order valence-corrected chi connectivity index (χ0v) is 22.1. The molecule has 0 spiro atoms. The Kier molecular flexibility index (Phi) is 20.9. The van der Waals surface area contributed by atoms with Crippen molar-refractivity contribution in [2.24, 2.45) is 0 Å². The van der Waals surface area contributed by atoms with Crippen LogP contribution in [0.1, 0.15) is 135 Å². The van der Waals surface area contributed by atoms with E-state index in [1.54, 1.807) is 18.2 Å². The second-order valence-corrected chi connectivity index (χ2v) is 9.79. The first kappa shape index (κ1) is 30.9. The van der Waals surface area contributed by atoms with Gasteiger partial charge in [-0.3, -0.25) is 4.79 Å². The minimum atomic E-state index is -0.664. The molecule has 0 aliphatic rings. The lowest BCUT2D eigenvalue weighted by Gasteiger charge is -2.04. The number of carboxylic acids is 1. The van der Waals surface area contributed by atoms with Crippen molar-refractivity contribution in [3.05, 3.63) is 42.5 Å². The first-order chi connectivity index (χ1) is 17.2. The summed E-state index contributed by atoms with van der Waals surface area (Å²) in [6.07, 6.45) is 29.2. The van der Waals surface area contributed by atoms with Crippen molar-refractivity contribution in [3.63, 3.8) is 0 Å². The number of esters is 1. The van der Waals surface area contributed by atoms with E-state index in [4.69, 9.17) is 9.84 Å². The molecule has 0 amide bonds. The van der Waals surface area contributed by atoms with Crippen LogP contribution < -0.4 is 4.74 Å². The van der Waals surface area contributed by atoms with Gasteiger partial charge in [0.2, 0.25) is 0 Å². The Morgan fingerprint density at radius 3 is 1.43 bits per heavy atom. The predicted molar refractivity (Wildman–Crippen MR) is 146 cm³/mol. The zero-order valence-electron chi connectivity index (χ0n) is 22.1. The van der Waals surface area contributed by atoms with Gasteiger partial charge in [0, 0.05) is 12.5 Å². The van der Waals surface area contributed by atoms with Crippen LogP contribution in [0.5, 0.6) is 5.75 Å². The van der Waals surface area contributed by atoms with E-state index in [2.05, 4.69) is 0 Å². The summed E-state index contributed by atoms with van der Waals surface area (Å²) in [5, 5.41) is 8.61. The summed E-state index contributed by atoms with van der Waals surface area (Å²) in [7, 11) is 0. The Labute approximate surface area is 214 Å². The van der Waals surface area contributed by atoms with Gasteiger partial charge in [0.25, 0.3) is 0 Å². The lowest BCUT2D eigenvalue weighted by Crippen LogP contribution is -2.03. The average molecular weight is 487 g/mol. The molecule has 0 fully saturated rings. The highest BCUT2D eigenvalue weighted by molar-refractivity contribution is 5.83. The van der Waals surface area contributed by atoms with Gasteiger partial charge in [-0.1, -0.05) is 133 Å². The van der Waals surface area contributed by atoms with E-state index in [0.717, 1.165) is 25.7 Å². The molecule has 0 aliphatic carbocycles. The lowest BCUT2D eigenvalue weighted by molar-refractivity contribution is -0.137. The van der Waals surface area contributed by atoms with E-state index in [9.17, 15) is 9.59 Å². The SMILES string of the molecule is O=C(O)CCCCCCCCCCCCCCCCCCCCCC=CC(=O)Oc1ccccc1. The van der Waals surface area contributed by atoms with Gasteiger partial charge in [-0.25, -0.2) is 4.79 Å². The zero-order chi connectivity index (χ0) is 25.2. The molecule has 1 N–H and O–H groups in total. The van der Waals surface area contributed by atoms with Gasteiger partial charge in [-0.15, -0.1) is 0 Å². The number of allylic oxidation sites excluding steroid dienone is 1. The highest BCUT2D eigenvalue weighted by Gasteiger charge is 1.99. The Hall–Kier alpha value is -2.10. The fourth-order valence-corrected chi connectivity index (χ4v) is 4.36. The maximum Gasteiger partial charge on any atom is 0.335 e. The summed E-state index contributed by atoms with van der Waals surface area (Å²) >= 11 is 0. The van der Waals surface area contributed by atoms with Gasteiger partial charge >= 0.3 is 11.9 Å². The van der Waals surface area contributed by atoms with Crippen molar-refractivity contribution in [1.82, 2.24) is 0 Å². The Morgan fingerprint density at radius 1 is 0.600 bits per heavy atom. The molecule has 0 atom stereocenters. The summed E-state index contributed by atoms with van der Waals surface area (Å²) in [5.74, 6) is -0.370. The number of unbranched alkanes of at least 4 members (excludes halogenated alkanes) is 19. The topological polar surface area (TPSA) is 63.6 Å². The number of hydrogen-bond donors (Lipinski definition) is 1. The number of carbonyl (C=O) groups excluding carboxylic acids is 1. The Balaban J connectivity index is 1.72. The van der Waals surface area contributed by atoms with Gasteiger partial charge in [0.15, 0.2) is 0 Å². The quantitative estimate of drug-likeness (QED) is 0.0684. The number of carboxylic acid groups (broad SMARTS) is 1. The maximum absolute atomic E-state index is 11.7. The standard InChI is InChI=1S/C31H50O4/c32-30(33)27-23-18-16-14-12-10-8-6-4-2-1-3-5-7-9-11-13-15-17-19-24-28-31(34)35-29-25-21-20-22-26-29/h20-22,24-26,28H,1-19,23,27H2,(H,32,33). The van der Waals surface area contributed by atoms with Crippen LogP contribution in [0.3, 0.4) is 0 Å². The molecule has 1 rings (SSSR count). The van der Waals surface area contributed by atoms with Crippen LogP contribution in [0.25, 0.3) is 0 Å². The Morgan fingerprint density at radius 2 is 1.00 bits per heavy atom. The molecule has 0 unspecified atom stereocenters. The smallest absolute Gasteiger partial charge is 0.335 e. The molecule has 0 saturated carbocycles. The number of aliphatic carboxylic acids is 1. The molecule has 198 valence electrons. The first-order valence-corrected chi connectivity index (χ1v) is 14.3. The minimum Gasteiger partial charge on any atom is -0.481 e. The fraction of sp³-hybridized carbons (Fsp3) is 0.677. The number of hydrogen-bond acceptors (Lipinski definition) is 3. The summed E-state index contributed by atoms with van der Waals surface area (Å²) in [5.41, 5.74) is 0. The molecule has 0 aliphatic heterocycles. The van der Waals surface area contributed by atoms with Crippen LogP contribution >= 0.6 is 0 Å². The molecule has 0 saturated heterocycles. The molecular formula is C31H50O4. The molecular weight excluding hydrogens is 436 g/mol. The molecule has 4 nitrogen and oxygen atoms in total. The van der Waals surface area contributed by atoms with Crippen molar-refractivity contribution >= 4 is 11.9 Å². The Bertz CT molecular complexity index is 653. The van der Waals surface area contributed by atoms with E-state index in [1.807, 2.05) is 24.3 Å². The number of carbonyl (C=O) groups is 2. The molecule has 0 heterocycles. The second kappa shape index (κ2) is 23.6. The number of para-hydroxylation sites is 1. The number of rotatable bonds is 24. The van der Waals surface area contributed by atoms with Gasteiger partial charge in [0.05, 0.1) is 0 Å². The van der Waals surface area contributed by atoms with Crippen molar-refractivity contribution in [2.45, 2.75) is 135 Å². The van der Waals surface area contributed by atoms with Crippen LogP contribution in [0.15, 0.2) is 42.5 Å². The molecule has 1 aromatic rings. The van der Waals surface area contributed by atoms with E-state index in [1.165, 1.54) is 103 Å². The van der Waals surface area contributed by atoms with Crippen molar-refractivity contribution in [1.29, 1.82) is 0 Å². The van der Waals surface area contributed by atoms with Crippen LogP contribution in [-0.4, -0.2) is 17.0 Å². The largest absolute Gasteiger partial charge is 0.481 e. The van der Waals surface area contributed by atoms with Crippen LogP contribution in [-0.2, 0) is 9.59 Å².